The zero-order chi connectivity index (χ0) is 13.7. The first kappa shape index (κ1) is 13.7. The van der Waals surface area contributed by atoms with Crippen LogP contribution in [-0.4, -0.2) is 30.2 Å². The molecular weight excluding hydrogens is 245 g/mol. The number of halogens is 1. The summed E-state index contributed by atoms with van der Waals surface area (Å²) < 4.78 is 17.9. The van der Waals surface area contributed by atoms with Gasteiger partial charge in [0.15, 0.2) is 0 Å². The minimum absolute atomic E-state index is 0.236. The van der Waals surface area contributed by atoms with Gasteiger partial charge < -0.3 is 15.0 Å². The Hall–Kier alpha value is -1.72. The van der Waals surface area contributed by atoms with E-state index < -0.39 is 0 Å². The third kappa shape index (κ3) is 3.62. The number of methoxy groups -OCH3 is 1. The molecule has 1 aromatic heterocycles. The summed E-state index contributed by atoms with van der Waals surface area (Å²) in [7, 11) is 1.67. The SMILES string of the molecule is COCCNCc1nc(C)[nH]c1-c1ccc(F)cc1. The topological polar surface area (TPSA) is 49.9 Å². The summed E-state index contributed by atoms with van der Waals surface area (Å²) in [5, 5.41) is 3.26. The van der Waals surface area contributed by atoms with Crippen molar-refractivity contribution in [2.24, 2.45) is 0 Å². The number of hydrogen-bond acceptors (Lipinski definition) is 3. The molecule has 0 atom stereocenters. The predicted molar refractivity (Wildman–Crippen MR) is 72.3 cm³/mol. The summed E-state index contributed by atoms with van der Waals surface area (Å²) in [6.07, 6.45) is 0. The Kier molecular flexibility index (Phi) is 4.65. The lowest BCUT2D eigenvalue weighted by atomic mass is 10.1. The molecule has 5 heteroatoms. The molecule has 4 nitrogen and oxygen atoms in total. The Morgan fingerprint density at radius 1 is 1.32 bits per heavy atom. The van der Waals surface area contributed by atoms with Gasteiger partial charge in [-0.3, -0.25) is 0 Å². The molecule has 2 N–H and O–H groups in total. The molecule has 0 saturated heterocycles. The van der Waals surface area contributed by atoms with Gasteiger partial charge in [-0.1, -0.05) is 0 Å². The molecule has 0 aliphatic rings. The Morgan fingerprint density at radius 3 is 2.74 bits per heavy atom. The number of H-pyrrole nitrogens is 1. The monoisotopic (exact) mass is 263 g/mol. The number of imidazole rings is 1. The van der Waals surface area contributed by atoms with E-state index in [9.17, 15) is 4.39 Å². The van der Waals surface area contributed by atoms with Crippen LogP contribution in [0.1, 0.15) is 11.5 Å². The second-order valence-electron chi connectivity index (χ2n) is 4.32. The van der Waals surface area contributed by atoms with Crippen molar-refractivity contribution in [3.8, 4) is 11.3 Å². The van der Waals surface area contributed by atoms with E-state index in [1.807, 2.05) is 6.92 Å². The number of nitrogens with zero attached hydrogens (tertiary/aromatic N) is 1. The summed E-state index contributed by atoms with van der Waals surface area (Å²) >= 11 is 0. The second kappa shape index (κ2) is 6.45. The Bertz CT molecular complexity index is 522. The summed E-state index contributed by atoms with van der Waals surface area (Å²) in [4.78, 5) is 7.67. The summed E-state index contributed by atoms with van der Waals surface area (Å²) in [6.45, 7) is 3.99. The molecular formula is C14H18FN3O. The van der Waals surface area contributed by atoms with Crippen molar-refractivity contribution in [3.05, 3.63) is 41.6 Å². The van der Waals surface area contributed by atoms with Gasteiger partial charge in [-0.15, -0.1) is 0 Å². The van der Waals surface area contributed by atoms with Crippen molar-refractivity contribution in [3.63, 3.8) is 0 Å². The van der Waals surface area contributed by atoms with Gasteiger partial charge in [0.1, 0.15) is 11.6 Å². The molecule has 0 spiro atoms. The third-order valence-electron chi connectivity index (χ3n) is 2.81. The van der Waals surface area contributed by atoms with Crippen molar-refractivity contribution in [1.82, 2.24) is 15.3 Å². The van der Waals surface area contributed by atoms with Crippen LogP contribution in [0.3, 0.4) is 0 Å². The van der Waals surface area contributed by atoms with E-state index in [0.29, 0.717) is 13.2 Å². The maximum atomic E-state index is 12.9. The normalized spacial score (nSPS) is 10.9. The highest BCUT2D eigenvalue weighted by atomic mass is 19.1. The Balaban J connectivity index is 2.13. The minimum atomic E-state index is -0.236. The fourth-order valence-electron chi connectivity index (χ4n) is 1.90. The lowest BCUT2D eigenvalue weighted by Gasteiger charge is -2.05. The molecule has 0 aliphatic carbocycles. The minimum Gasteiger partial charge on any atom is -0.383 e. The lowest BCUT2D eigenvalue weighted by molar-refractivity contribution is 0.199. The fourth-order valence-corrected chi connectivity index (χ4v) is 1.90. The first-order valence-electron chi connectivity index (χ1n) is 6.22. The van der Waals surface area contributed by atoms with Gasteiger partial charge in [0.05, 0.1) is 18.0 Å². The third-order valence-corrected chi connectivity index (χ3v) is 2.81. The van der Waals surface area contributed by atoms with Crippen LogP contribution in [0, 0.1) is 12.7 Å². The van der Waals surface area contributed by atoms with Gasteiger partial charge in [0.25, 0.3) is 0 Å². The highest BCUT2D eigenvalue weighted by Crippen LogP contribution is 2.21. The highest BCUT2D eigenvalue weighted by Gasteiger charge is 2.10. The Morgan fingerprint density at radius 2 is 2.05 bits per heavy atom. The molecule has 0 radical (unpaired) electrons. The number of nitrogens with one attached hydrogen (secondary N) is 2. The molecule has 1 heterocycles. The average molecular weight is 263 g/mol. The van der Waals surface area contributed by atoms with E-state index in [4.69, 9.17) is 4.74 Å². The quantitative estimate of drug-likeness (QED) is 0.786. The molecule has 2 aromatic rings. The van der Waals surface area contributed by atoms with Crippen molar-refractivity contribution in [2.75, 3.05) is 20.3 Å². The van der Waals surface area contributed by atoms with E-state index in [0.717, 1.165) is 29.3 Å². The number of ether oxygens (including phenoxy) is 1. The highest BCUT2D eigenvalue weighted by molar-refractivity contribution is 5.62. The predicted octanol–water partition coefficient (Wildman–Crippen LogP) is 2.26. The lowest BCUT2D eigenvalue weighted by Crippen LogP contribution is -2.19. The molecule has 0 bridgehead atoms. The van der Waals surface area contributed by atoms with E-state index in [1.165, 1.54) is 12.1 Å². The molecule has 0 aliphatic heterocycles. The van der Waals surface area contributed by atoms with Gasteiger partial charge in [0.2, 0.25) is 0 Å². The molecule has 1 aromatic carbocycles. The smallest absolute Gasteiger partial charge is 0.123 e. The zero-order valence-corrected chi connectivity index (χ0v) is 11.2. The molecule has 0 saturated carbocycles. The van der Waals surface area contributed by atoms with E-state index in [-0.39, 0.29) is 5.82 Å². The Labute approximate surface area is 112 Å². The maximum Gasteiger partial charge on any atom is 0.123 e. The van der Waals surface area contributed by atoms with Crippen molar-refractivity contribution in [1.29, 1.82) is 0 Å². The number of aromatic amines is 1. The van der Waals surface area contributed by atoms with Crippen LogP contribution in [0.15, 0.2) is 24.3 Å². The molecule has 0 unspecified atom stereocenters. The van der Waals surface area contributed by atoms with Crippen LogP contribution in [0.4, 0.5) is 4.39 Å². The summed E-state index contributed by atoms with van der Waals surface area (Å²) in [5.41, 5.74) is 2.80. The fraction of sp³-hybridized carbons (Fsp3) is 0.357. The first-order chi connectivity index (χ1) is 9.20. The number of hydrogen-bond donors (Lipinski definition) is 2. The van der Waals surface area contributed by atoms with E-state index >= 15 is 0 Å². The largest absolute Gasteiger partial charge is 0.383 e. The van der Waals surface area contributed by atoms with Crippen LogP contribution in [0.25, 0.3) is 11.3 Å². The van der Waals surface area contributed by atoms with Crippen LogP contribution >= 0.6 is 0 Å². The zero-order valence-electron chi connectivity index (χ0n) is 11.2. The summed E-state index contributed by atoms with van der Waals surface area (Å²) in [6, 6.07) is 6.41. The maximum absolute atomic E-state index is 12.9. The van der Waals surface area contributed by atoms with Gasteiger partial charge in [-0.25, -0.2) is 9.37 Å². The van der Waals surface area contributed by atoms with Crippen LogP contribution in [-0.2, 0) is 11.3 Å². The average Bonchev–Trinajstić information content (AvgIpc) is 2.77. The van der Waals surface area contributed by atoms with Crippen LogP contribution in [0.2, 0.25) is 0 Å². The van der Waals surface area contributed by atoms with Crippen LogP contribution in [0.5, 0.6) is 0 Å². The van der Waals surface area contributed by atoms with Crippen LogP contribution < -0.4 is 5.32 Å². The second-order valence-corrected chi connectivity index (χ2v) is 4.32. The molecule has 0 fully saturated rings. The number of aromatic nitrogens is 2. The first-order valence-corrected chi connectivity index (χ1v) is 6.22. The van der Waals surface area contributed by atoms with Gasteiger partial charge in [-0.05, 0) is 31.2 Å². The van der Waals surface area contributed by atoms with Crippen molar-refractivity contribution < 1.29 is 9.13 Å². The molecule has 19 heavy (non-hydrogen) atoms. The van der Waals surface area contributed by atoms with E-state index in [2.05, 4.69) is 15.3 Å². The summed E-state index contributed by atoms with van der Waals surface area (Å²) in [5.74, 6) is 0.614. The molecule has 0 amide bonds. The van der Waals surface area contributed by atoms with E-state index in [1.54, 1.807) is 19.2 Å². The van der Waals surface area contributed by atoms with Gasteiger partial charge >= 0.3 is 0 Å². The number of benzene rings is 1. The van der Waals surface area contributed by atoms with Gasteiger partial charge in [-0.2, -0.15) is 0 Å². The standard InChI is InChI=1S/C14H18FN3O/c1-10-17-13(9-16-7-8-19-2)14(18-10)11-3-5-12(15)6-4-11/h3-6,16H,7-9H2,1-2H3,(H,17,18). The van der Waals surface area contributed by atoms with Gasteiger partial charge in [0, 0.05) is 25.8 Å². The van der Waals surface area contributed by atoms with Crippen molar-refractivity contribution in [2.45, 2.75) is 13.5 Å². The number of rotatable bonds is 6. The molecule has 102 valence electrons. The van der Waals surface area contributed by atoms with Crippen molar-refractivity contribution >= 4 is 0 Å². The number of aryl methyl sites for hydroxylation is 1. The molecule has 2 rings (SSSR count).